The Labute approximate surface area is 172 Å². The zero-order valence-electron chi connectivity index (χ0n) is 16.6. The van der Waals surface area contributed by atoms with Crippen LogP contribution >= 0.6 is 0 Å². The van der Waals surface area contributed by atoms with Gasteiger partial charge in [-0.3, -0.25) is 9.59 Å². The largest absolute Gasteiger partial charge is 0.481 e. The molecule has 7 heteroatoms. The third kappa shape index (κ3) is 3.67. The van der Waals surface area contributed by atoms with Gasteiger partial charge in [-0.15, -0.1) is 0 Å². The Hall–Kier alpha value is -3.22. The summed E-state index contributed by atoms with van der Waals surface area (Å²) in [5.74, 6) is -2.93. The number of aliphatic carboxylic acids is 1. The second-order valence-corrected chi connectivity index (χ2v) is 7.75. The van der Waals surface area contributed by atoms with Crippen LogP contribution in [0.2, 0.25) is 0 Å². The summed E-state index contributed by atoms with van der Waals surface area (Å²) in [6.07, 6.45) is 1.35. The van der Waals surface area contributed by atoms with Crippen molar-refractivity contribution in [3.8, 4) is 0 Å². The molecule has 2 heterocycles. The molecule has 1 aliphatic heterocycles. The number of hydrogen-bond acceptors (Lipinski definition) is 2. The maximum atomic E-state index is 13.4. The third-order valence-electron chi connectivity index (χ3n) is 5.91. The third-order valence-corrected chi connectivity index (χ3v) is 5.91. The van der Waals surface area contributed by atoms with Gasteiger partial charge in [0.1, 0.15) is 0 Å². The van der Waals surface area contributed by atoms with E-state index in [-0.39, 0.29) is 24.8 Å². The topological polar surface area (TPSA) is 62.5 Å². The summed E-state index contributed by atoms with van der Waals surface area (Å²) in [6, 6.07) is 11.2. The van der Waals surface area contributed by atoms with Gasteiger partial charge in [0.2, 0.25) is 5.91 Å². The highest BCUT2D eigenvalue weighted by molar-refractivity contribution is 5.89. The molecule has 0 spiro atoms. The van der Waals surface area contributed by atoms with Gasteiger partial charge in [-0.25, -0.2) is 8.78 Å². The smallest absolute Gasteiger partial charge is 0.307 e. The van der Waals surface area contributed by atoms with Crippen molar-refractivity contribution in [2.75, 3.05) is 7.05 Å². The lowest BCUT2D eigenvalue weighted by atomic mass is 9.99. The average molecular weight is 412 g/mol. The van der Waals surface area contributed by atoms with Crippen molar-refractivity contribution in [1.29, 1.82) is 0 Å². The van der Waals surface area contributed by atoms with Crippen molar-refractivity contribution in [3.63, 3.8) is 0 Å². The number of hydrogen-bond donors (Lipinski definition) is 1. The second kappa shape index (κ2) is 7.89. The van der Waals surface area contributed by atoms with Crippen LogP contribution in [0.1, 0.15) is 23.2 Å². The van der Waals surface area contributed by atoms with Crippen molar-refractivity contribution in [2.45, 2.75) is 38.3 Å². The van der Waals surface area contributed by atoms with E-state index >= 15 is 0 Å². The molecule has 1 unspecified atom stereocenters. The number of para-hydroxylation sites is 1. The molecule has 4 rings (SSSR count). The predicted octanol–water partition coefficient (Wildman–Crippen LogP) is 3.56. The Morgan fingerprint density at radius 3 is 2.63 bits per heavy atom. The fourth-order valence-electron chi connectivity index (χ4n) is 4.34. The van der Waals surface area contributed by atoms with Gasteiger partial charge in [0, 0.05) is 36.2 Å². The van der Waals surface area contributed by atoms with Crippen molar-refractivity contribution in [3.05, 3.63) is 70.9 Å². The van der Waals surface area contributed by atoms with Gasteiger partial charge in [-0.1, -0.05) is 24.3 Å². The number of fused-ring (bicyclic) bond motifs is 3. The predicted molar refractivity (Wildman–Crippen MR) is 108 cm³/mol. The number of carbonyl (C=O) groups excluding carboxylic acids is 1. The van der Waals surface area contributed by atoms with Crippen LogP contribution in [0.25, 0.3) is 10.9 Å². The number of benzene rings is 2. The van der Waals surface area contributed by atoms with Crippen LogP contribution in [0.3, 0.4) is 0 Å². The number of rotatable bonds is 5. The van der Waals surface area contributed by atoms with E-state index < -0.39 is 17.6 Å². The lowest BCUT2D eigenvalue weighted by Gasteiger charge is -2.33. The molecule has 156 valence electrons. The fraction of sp³-hybridized carbons (Fsp3) is 0.304. The first-order chi connectivity index (χ1) is 14.3. The minimum absolute atomic E-state index is 0.00620. The number of halogens is 2. The normalized spacial score (nSPS) is 15.8. The van der Waals surface area contributed by atoms with Crippen LogP contribution in [-0.4, -0.2) is 39.5 Å². The van der Waals surface area contributed by atoms with E-state index in [0.717, 1.165) is 34.3 Å². The molecule has 5 nitrogen and oxygen atoms in total. The van der Waals surface area contributed by atoms with E-state index in [4.69, 9.17) is 0 Å². The maximum absolute atomic E-state index is 13.4. The Morgan fingerprint density at radius 2 is 1.90 bits per heavy atom. The second-order valence-electron chi connectivity index (χ2n) is 7.75. The molecule has 30 heavy (non-hydrogen) atoms. The first-order valence-electron chi connectivity index (χ1n) is 9.85. The minimum Gasteiger partial charge on any atom is -0.481 e. The van der Waals surface area contributed by atoms with Gasteiger partial charge < -0.3 is 14.6 Å². The van der Waals surface area contributed by atoms with Gasteiger partial charge in [0.15, 0.2) is 11.6 Å². The molecule has 3 aromatic rings. The van der Waals surface area contributed by atoms with Crippen molar-refractivity contribution >= 4 is 22.8 Å². The number of aromatic nitrogens is 1. The molecular weight excluding hydrogens is 390 g/mol. The molecule has 0 radical (unpaired) electrons. The van der Waals surface area contributed by atoms with Gasteiger partial charge in [-0.2, -0.15) is 0 Å². The molecule has 0 bridgehead atoms. The molecule has 0 fully saturated rings. The minimum atomic E-state index is -0.963. The van der Waals surface area contributed by atoms with Gasteiger partial charge in [0.05, 0.1) is 12.8 Å². The summed E-state index contributed by atoms with van der Waals surface area (Å²) < 4.78 is 28.7. The summed E-state index contributed by atoms with van der Waals surface area (Å²) in [5.41, 5.74) is 3.25. The Balaban J connectivity index is 1.57. The molecule has 1 amide bonds. The lowest BCUT2D eigenvalue weighted by Crippen LogP contribution is -2.43. The number of likely N-dealkylation sites (N-methyl/N-ethyl adjacent to an activating group) is 1. The zero-order chi connectivity index (χ0) is 21.4. The van der Waals surface area contributed by atoms with Crippen LogP contribution in [-0.2, 0) is 35.4 Å². The molecule has 1 aromatic heterocycles. The molecule has 0 aliphatic carbocycles. The van der Waals surface area contributed by atoms with Crippen LogP contribution in [0, 0.1) is 11.6 Å². The van der Waals surface area contributed by atoms with E-state index in [1.165, 1.54) is 6.07 Å². The van der Waals surface area contributed by atoms with Crippen molar-refractivity contribution in [2.24, 2.45) is 0 Å². The van der Waals surface area contributed by atoms with E-state index in [1.807, 2.05) is 24.3 Å². The van der Waals surface area contributed by atoms with E-state index in [0.29, 0.717) is 24.9 Å². The lowest BCUT2D eigenvalue weighted by molar-refractivity contribution is -0.136. The Kier molecular flexibility index (Phi) is 5.28. The Bertz CT molecular complexity index is 1140. The SMILES string of the molecule is CN(C(=O)Cc1ccc(F)c(F)c1)C1CCc2c(CC(=O)O)c3ccccc3n2C1. The van der Waals surface area contributed by atoms with Gasteiger partial charge >= 0.3 is 5.97 Å². The van der Waals surface area contributed by atoms with Crippen LogP contribution in [0.5, 0.6) is 0 Å². The summed E-state index contributed by atoms with van der Waals surface area (Å²) in [6.45, 7) is 0.565. The monoisotopic (exact) mass is 412 g/mol. The van der Waals surface area contributed by atoms with E-state index in [1.54, 1.807) is 11.9 Å². The van der Waals surface area contributed by atoms with Crippen molar-refractivity contribution in [1.82, 2.24) is 9.47 Å². The van der Waals surface area contributed by atoms with Gasteiger partial charge in [-0.05, 0) is 42.2 Å². The summed E-state index contributed by atoms with van der Waals surface area (Å²) >= 11 is 0. The van der Waals surface area contributed by atoms with E-state index in [2.05, 4.69) is 4.57 Å². The molecule has 0 saturated heterocycles. The molecule has 1 N–H and O–H groups in total. The van der Waals surface area contributed by atoms with Crippen LogP contribution in [0.4, 0.5) is 8.78 Å². The summed E-state index contributed by atoms with van der Waals surface area (Å²) in [5, 5.41) is 10.3. The standard InChI is InChI=1S/C23H22F2N2O3/c1-26(22(28)11-14-6-8-18(24)19(25)10-14)15-7-9-21-17(12-23(29)30)16-4-2-3-5-20(16)27(21)13-15/h2-6,8,10,15H,7,9,11-13H2,1H3,(H,29,30). The number of carbonyl (C=O) groups is 2. The number of carboxylic acid groups (broad SMARTS) is 1. The number of nitrogens with zero attached hydrogens (tertiary/aromatic N) is 2. The highest BCUT2D eigenvalue weighted by atomic mass is 19.2. The average Bonchev–Trinajstić information content (AvgIpc) is 3.03. The molecule has 1 atom stereocenters. The van der Waals surface area contributed by atoms with Crippen molar-refractivity contribution < 1.29 is 23.5 Å². The quantitative estimate of drug-likeness (QED) is 0.697. The maximum Gasteiger partial charge on any atom is 0.307 e. The Morgan fingerprint density at radius 1 is 1.13 bits per heavy atom. The van der Waals surface area contributed by atoms with Crippen LogP contribution < -0.4 is 0 Å². The highest BCUT2D eigenvalue weighted by Gasteiger charge is 2.29. The first-order valence-corrected chi connectivity index (χ1v) is 9.85. The zero-order valence-corrected chi connectivity index (χ0v) is 16.6. The number of carboxylic acids is 1. The molecule has 0 saturated carbocycles. The first kappa shape index (κ1) is 20.1. The summed E-state index contributed by atoms with van der Waals surface area (Å²) in [7, 11) is 1.72. The number of amides is 1. The fourth-order valence-corrected chi connectivity index (χ4v) is 4.34. The van der Waals surface area contributed by atoms with Gasteiger partial charge in [0.25, 0.3) is 0 Å². The highest BCUT2D eigenvalue weighted by Crippen LogP contribution is 2.32. The molecule has 2 aromatic carbocycles. The summed E-state index contributed by atoms with van der Waals surface area (Å²) in [4.78, 5) is 25.8. The van der Waals surface area contributed by atoms with Crippen LogP contribution in [0.15, 0.2) is 42.5 Å². The molecular formula is C23H22F2N2O3. The van der Waals surface area contributed by atoms with E-state index in [9.17, 15) is 23.5 Å². The molecule has 1 aliphatic rings.